The lowest BCUT2D eigenvalue weighted by atomic mass is 9.80. The highest BCUT2D eigenvalue weighted by molar-refractivity contribution is 5.79. The summed E-state index contributed by atoms with van der Waals surface area (Å²) in [6.07, 6.45) is 10.8. The van der Waals surface area contributed by atoms with Crippen LogP contribution in [0.5, 0.6) is 0 Å². The Bertz CT molecular complexity index is 396. The number of morpholine rings is 1. The molecule has 1 aliphatic heterocycles. The fraction of sp³-hybridized carbons (Fsp3) is 0.947. The van der Waals surface area contributed by atoms with Gasteiger partial charge in [0.05, 0.1) is 19.8 Å². The maximum absolute atomic E-state index is 5.58. The van der Waals surface area contributed by atoms with Crippen LogP contribution in [0.1, 0.15) is 58.3 Å². The number of ether oxygens (including phenoxy) is 1. The Morgan fingerprint density at radius 1 is 1.12 bits per heavy atom. The van der Waals surface area contributed by atoms with E-state index in [1.807, 2.05) is 0 Å². The van der Waals surface area contributed by atoms with Gasteiger partial charge in [-0.2, -0.15) is 0 Å². The zero-order chi connectivity index (χ0) is 16.7. The van der Waals surface area contributed by atoms with E-state index in [1.54, 1.807) is 0 Å². The van der Waals surface area contributed by atoms with E-state index in [1.165, 1.54) is 51.4 Å². The third kappa shape index (κ3) is 5.09. The quantitative estimate of drug-likeness (QED) is 0.554. The average molecular weight is 337 g/mol. The molecule has 1 heterocycles. The minimum atomic E-state index is 0.265. The molecule has 5 nitrogen and oxygen atoms in total. The Morgan fingerprint density at radius 2 is 1.88 bits per heavy atom. The lowest BCUT2D eigenvalue weighted by Gasteiger charge is -2.47. The summed E-state index contributed by atoms with van der Waals surface area (Å²) in [7, 11) is 0. The van der Waals surface area contributed by atoms with Gasteiger partial charge in [-0.3, -0.25) is 9.89 Å². The number of guanidine groups is 1. The van der Waals surface area contributed by atoms with E-state index in [9.17, 15) is 0 Å². The van der Waals surface area contributed by atoms with Gasteiger partial charge >= 0.3 is 0 Å². The molecule has 0 unspecified atom stereocenters. The van der Waals surface area contributed by atoms with Crippen molar-refractivity contribution in [1.29, 1.82) is 0 Å². The van der Waals surface area contributed by atoms with E-state index in [0.717, 1.165) is 57.8 Å². The van der Waals surface area contributed by atoms with E-state index >= 15 is 0 Å². The lowest BCUT2D eigenvalue weighted by molar-refractivity contribution is -0.0333. The van der Waals surface area contributed by atoms with Gasteiger partial charge in [-0.15, -0.1) is 0 Å². The van der Waals surface area contributed by atoms with Gasteiger partial charge in [0.2, 0.25) is 0 Å². The van der Waals surface area contributed by atoms with Gasteiger partial charge in [-0.05, 0) is 32.1 Å². The first kappa shape index (κ1) is 18.0. The number of nitrogens with one attached hydrogen (secondary N) is 2. The third-order valence-corrected chi connectivity index (χ3v) is 5.88. The van der Waals surface area contributed by atoms with Crippen LogP contribution < -0.4 is 10.6 Å². The largest absolute Gasteiger partial charge is 0.379 e. The predicted molar refractivity (Wildman–Crippen MR) is 99.5 cm³/mol. The second kappa shape index (κ2) is 9.04. The summed E-state index contributed by atoms with van der Waals surface area (Å²) < 4.78 is 5.58. The predicted octanol–water partition coefficient (Wildman–Crippen LogP) is 2.38. The number of nitrogens with zero attached hydrogens (tertiary/aromatic N) is 2. The van der Waals surface area contributed by atoms with Crippen molar-refractivity contribution in [3.05, 3.63) is 0 Å². The van der Waals surface area contributed by atoms with Crippen molar-refractivity contribution in [2.24, 2.45) is 10.9 Å². The van der Waals surface area contributed by atoms with Crippen LogP contribution in [-0.4, -0.2) is 62.3 Å². The molecule has 3 rings (SSSR count). The Balaban J connectivity index is 1.59. The maximum atomic E-state index is 5.58. The molecule has 0 aromatic carbocycles. The topological polar surface area (TPSA) is 48.9 Å². The van der Waals surface area contributed by atoms with Crippen LogP contribution in [0.25, 0.3) is 0 Å². The summed E-state index contributed by atoms with van der Waals surface area (Å²) in [5.74, 6) is 1.98. The SMILES string of the molecule is CCNC(=NCC1(N2CCOCC2)CCCCC1)NCCC1CC1. The van der Waals surface area contributed by atoms with Gasteiger partial charge in [0.25, 0.3) is 0 Å². The highest BCUT2D eigenvalue weighted by atomic mass is 16.5. The first-order valence-corrected chi connectivity index (χ1v) is 10.2. The molecule has 24 heavy (non-hydrogen) atoms. The molecule has 0 bridgehead atoms. The molecule has 0 radical (unpaired) electrons. The lowest BCUT2D eigenvalue weighted by Crippen LogP contribution is -2.56. The molecular weight excluding hydrogens is 300 g/mol. The summed E-state index contributed by atoms with van der Waals surface area (Å²) in [4.78, 5) is 7.69. The molecule has 5 heteroatoms. The van der Waals surface area contributed by atoms with Gasteiger partial charge in [-0.25, -0.2) is 0 Å². The zero-order valence-electron chi connectivity index (χ0n) is 15.5. The smallest absolute Gasteiger partial charge is 0.191 e. The first-order chi connectivity index (χ1) is 11.8. The molecule has 2 aliphatic carbocycles. The minimum absolute atomic E-state index is 0.265. The van der Waals surface area contributed by atoms with Gasteiger partial charge < -0.3 is 15.4 Å². The van der Waals surface area contributed by atoms with Crippen molar-refractivity contribution < 1.29 is 4.74 Å². The van der Waals surface area contributed by atoms with Crippen LogP contribution in [0, 0.1) is 5.92 Å². The molecule has 0 amide bonds. The van der Waals surface area contributed by atoms with Crippen LogP contribution in [-0.2, 0) is 4.74 Å². The molecular formula is C19H36N4O. The van der Waals surface area contributed by atoms with Crippen molar-refractivity contribution in [2.75, 3.05) is 45.9 Å². The van der Waals surface area contributed by atoms with E-state index in [-0.39, 0.29) is 5.54 Å². The van der Waals surface area contributed by atoms with Crippen LogP contribution in [0.15, 0.2) is 4.99 Å². The van der Waals surface area contributed by atoms with Gasteiger partial charge in [0.1, 0.15) is 0 Å². The van der Waals surface area contributed by atoms with Gasteiger partial charge in [-0.1, -0.05) is 32.1 Å². The molecule has 1 saturated heterocycles. The normalized spacial score (nSPS) is 25.5. The molecule has 0 aromatic heterocycles. The number of aliphatic imine (C=N–C) groups is 1. The fourth-order valence-corrected chi connectivity index (χ4v) is 4.19. The van der Waals surface area contributed by atoms with Crippen molar-refractivity contribution >= 4 is 5.96 Å². The maximum Gasteiger partial charge on any atom is 0.191 e. The average Bonchev–Trinajstić information content (AvgIpc) is 3.46. The molecule has 138 valence electrons. The molecule has 2 N–H and O–H groups in total. The van der Waals surface area contributed by atoms with Crippen molar-refractivity contribution in [2.45, 2.75) is 63.8 Å². The molecule has 0 spiro atoms. The Morgan fingerprint density at radius 3 is 2.54 bits per heavy atom. The monoisotopic (exact) mass is 336 g/mol. The van der Waals surface area contributed by atoms with Crippen molar-refractivity contribution in [1.82, 2.24) is 15.5 Å². The molecule has 3 aliphatic rings. The second-order valence-electron chi connectivity index (χ2n) is 7.74. The van der Waals surface area contributed by atoms with Gasteiger partial charge in [0.15, 0.2) is 5.96 Å². The molecule has 0 atom stereocenters. The van der Waals surface area contributed by atoms with Crippen LogP contribution in [0.4, 0.5) is 0 Å². The summed E-state index contributed by atoms with van der Waals surface area (Å²) in [6.45, 7) is 8.96. The third-order valence-electron chi connectivity index (χ3n) is 5.88. The first-order valence-electron chi connectivity index (χ1n) is 10.2. The Hall–Kier alpha value is -0.810. The number of rotatable bonds is 7. The Kier molecular flexibility index (Phi) is 6.78. The van der Waals surface area contributed by atoms with Crippen LogP contribution in [0.2, 0.25) is 0 Å². The van der Waals surface area contributed by atoms with E-state index in [4.69, 9.17) is 9.73 Å². The Labute approximate surface area is 147 Å². The zero-order valence-corrected chi connectivity index (χ0v) is 15.5. The van der Waals surface area contributed by atoms with E-state index in [2.05, 4.69) is 22.5 Å². The van der Waals surface area contributed by atoms with Crippen molar-refractivity contribution in [3.63, 3.8) is 0 Å². The highest BCUT2D eigenvalue weighted by Gasteiger charge is 2.38. The van der Waals surface area contributed by atoms with E-state index in [0.29, 0.717) is 0 Å². The molecule has 3 fully saturated rings. The minimum Gasteiger partial charge on any atom is -0.379 e. The summed E-state index contributed by atoms with van der Waals surface area (Å²) in [6, 6.07) is 0. The standard InChI is InChI=1S/C19H36N4O/c1-2-20-18(21-11-8-17-6-7-17)22-16-19(9-4-3-5-10-19)23-12-14-24-15-13-23/h17H,2-16H2,1H3,(H2,20,21,22). The number of hydrogen-bond acceptors (Lipinski definition) is 3. The van der Waals surface area contributed by atoms with Crippen LogP contribution >= 0.6 is 0 Å². The molecule has 2 saturated carbocycles. The van der Waals surface area contributed by atoms with E-state index < -0.39 is 0 Å². The summed E-state index contributed by atoms with van der Waals surface area (Å²) in [5.41, 5.74) is 0.265. The highest BCUT2D eigenvalue weighted by Crippen LogP contribution is 2.34. The second-order valence-corrected chi connectivity index (χ2v) is 7.74. The van der Waals surface area contributed by atoms with Gasteiger partial charge in [0, 0.05) is 31.7 Å². The number of hydrogen-bond donors (Lipinski definition) is 2. The van der Waals surface area contributed by atoms with Crippen molar-refractivity contribution in [3.8, 4) is 0 Å². The summed E-state index contributed by atoms with van der Waals surface area (Å²) in [5, 5.41) is 6.98. The van der Waals surface area contributed by atoms with Crippen LogP contribution in [0.3, 0.4) is 0 Å². The summed E-state index contributed by atoms with van der Waals surface area (Å²) >= 11 is 0. The fourth-order valence-electron chi connectivity index (χ4n) is 4.19. The molecule has 0 aromatic rings.